The molecule has 1 unspecified atom stereocenters. The minimum absolute atomic E-state index is 0.112. The van der Waals surface area contributed by atoms with Crippen LogP contribution in [0.2, 0.25) is 0 Å². The third-order valence-electron chi connectivity index (χ3n) is 3.27. The Balaban J connectivity index is 2.45. The Morgan fingerprint density at radius 3 is 2.72 bits per heavy atom. The summed E-state index contributed by atoms with van der Waals surface area (Å²) in [6.07, 6.45) is 3.60. The molecule has 1 aromatic rings. The molecule has 0 radical (unpaired) electrons. The highest BCUT2D eigenvalue weighted by atomic mass is 32.2. The zero-order valence-corrected chi connectivity index (χ0v) is 11.0. The van der Waals surface area contributed by atoms with Gasteiger partial charge >= 0.3 is 5.97 Å². The predicted octanol–water partition coefficient (Wildman–Crippen LogP) is 0.0479. The second-order valence-electron chi connectivity index (χ2n) is 4.64. The number of carbonyl (C=O) groups is 1. The average molecular weight is 273 g/mol. The molecule has 1 fully saturated rings. The molecule has 1 aromatic heterocycles. The Morgan fingerprint density at radius 1 is 1.56 bits per heavy atom. The molecule has 1 aliphatic heterocycles. The molecule has 100 valence electrons. The van der Waals surface area contributed by atoms with Gasteiger partial charge in [0, 0.05) is 19.8 Å². The normalized spacial score (nSPS) is 25.4. The SMILES string of the molecule is Cn1cnc(S(=O)(=O)N2CCCC2(C)C(=O)O)c1. The summed E-state index contributed by atoms with van der Waals surface area (Å²) in [7, 11) is -2.19. The number of carboxylic acid groups (broad SMARTS) is 1. The van der Waals surface area contributed by atoms with Gasteiger partial charge in [-0.2, -0.15) is 4.31 Å². The van der Waals surface area contributed by atoms with E-state index >= 15 is 0 Å². The third-order valence-corrected chi connectivity index (χ3v) is 5.18. The van der Waals surface area contributed by atoms with Crippen LogP contribution in [0.3, 0.4) is 0 Å². The van der Waals surface area contributed by atoms with Crippen LogP contribution >= 0.6 is 0 Å². The minimum atomic E-state index is -3.85. The standard InChI is InChI=1S/C10H15N3O4S/c1-10(9(14)15)4-3-5-13(10)18(16,17)8-6-12(2)7-11-8/h6-7H,3-5H2,1-2H3,(H,14,15). The number of hydrogen-bond donors (Lipinski definition) is 1. The van der Waals surface area contributed by atoms with Gasteiger partial charge in [0.2, 0.25) is 0 Å². The number of sulfonamides is 1. The summed E-state index contributed by atoms with van der Waals surface area (Å²) in [6, 6.07) is 0. The van der Waals surface area contributed by atoms with Crippen molar-refractivity contribution in [3.05, 3.63) is 12.5 Å². The molecule has 18 heavy (non-hydrogen) atoms. The lowest BCUT2D eigenvalue weighted by atomic mass is 10.0. The van der Waals surface area contributed by atoms with E-state index in [0.717, 1.165) is 4.31 Å². The van der Waals surface area contributed by atoms with Crippen LogP contribution in [0.5, 0.6) is 0 Å². The lowest BCUT2D eigenvalue weighted by Crippen LogP contribution is -2.50. The maximum absolute atomic E-state index is 12.4. The van der Waals surface area contributed by atoms with E-state index in [1.165, 1.54) is 24.0 Å². The molecule has 0 saturated carbocycles. The van der Waals surface area contributed by atoms with E-state index in [1.54, 1.807) is 7.05 Å². The highest BCUT2D eigenvalue weighted by Gasteiger charge is 2.50. The van der Waals surface area contributed by atoms with E-state index in [-0.39, 0.29) is 11.6 Å². The molecule has 8 heteroatoms. The van der Waals surface area contributed by atoms with Crippen molar-refractivity contribution in [3.63, 3.8) is 0 Å². The summed E-state index contributed by atoms with van der Waals surface area (Å²) in [5.41, 5.74) is -1.38. The van der Waals surface area contributed by atoms with E-state index in [0.29, 0.717) is 12.8 Å². The number of aromatic nitrogens is 2. The Labute approximate surface area is 105 Å². The Hall–Kier alpha value is -1.41. The Morgan fingerprint density at radius 2 is 2.22 bits per heavy atom. The molecule has 0 aromatic carbocycles. The Bertz CT molecular complexity index is 580. The van der Waals surface area contributed by atoms with Crippen LogP contribution in [0, 0.1) is 0 Å². The quantitative estimate of drug-likeness (QED) is 0.840. The van der Waals surface area contributed by atoms with Gasteiger partial charge in [-0.1, -0.05) is 0 Å². The first-order chi connectivity index (χ1) is 8.28. The molecule has 7 nitrogen and oxygen atoms in total. The number of aliphatic carboxylic acids is 1. The molecular formula is C10H15N3O4S. The lowest BCUT2D eigenvalue weighted by Gasteiger charge is -2.29. The van der Waals surface area contributed by atoms with Crippen LogP contribution in [0.1, 0.15) is 19.8 Å². The number of imidazole rings is 1. The summed E-state index contributed by atoms with van der Waals surface area (Å²) in [4.78, 5) is 15.1. The molecular weight excluding hydrogens is 258 g/mol. The highest BCUT2D eigenvalue weighted by molar-refractivity contribution is 7.89. The molecule has 0 bridgehead atoms. The van der Waals surface area contributed by atoms with Gasteiger partial charge < -0.3 is 9.67 Å². The van der Waals surface area contributed by atoms with Gasteiger partial charge in [0.25, 0.3) is 10.0 Å². The largest absolute Gasteiger partial charge is 0.480 e. The molecule has 0 aliphatic carbocycles. The van der Waals surface area contributed by atoms with Crippen molar-refractivity contribution < 1.29 is 18.3 Å². The zero-order chi connectivity index (χ0) is 13.6. The fraction of sp³-hybridized carbons (Fsp3) is 0.600. The van der Waals surface area contributed by atoms with Crippen molar-refractivity contribution in [1.29, 1.82) is 0 Å². The van der Waals surface area contributed by atoms with Gasteiger partial charge in [-0.3, -0.25) is 4.79 Å². The first-order valence-electron chi connectivity index (χ1n) is 5.53. The molecule has 2 rings (SSSR count). The molecule has 0 amide bonds. The summed E-state index contributed by atoms with van der Waals surface area (Å²) in [5.74, 6) is -1.13. The smallest absolute Gasteiger partial charge is 0.324 e. The first-order valence-corrected chi connectivity index (χ1v) is 6.97. The third kappa shape index (κ3) is 1.81. The first kappa shape index (κ1) is 13.0. The number of rotatable bonds is 3. The van der Waals surface area contributed by atoms with Crippen LogP contribution in [0.4, 0.5) is 0 Å². The van der Waals surface area contributed by atoms with Crippen LogP contribution in [-0.4, -0.2) is 45.4 Å². The van der Waals surface area contributed by atoms with Gasteiger partial charge in [-0.05, 0) is 19.8 Å². The van der Waals surface area contributed by atoms with Crippen molar-refractivity contribution >= 4 is 16.0 Å². The number of nitrogens with zero attached hydrogens (tertiary/aromatic N) is 3. The van der Waals surface area contributed by atoms with Crippen molar-refractivity contribution in [1.82, 2.24) is 13.9 Å². The van der Waals surface area contributed by atoms with E-state index in [9.17, 15) is 18.3 Å². The van der Waals surface area contributed by atoms with Gasteiger partial charge in [-0.25, -0.2) is 13.4 Å². The molecule has 0 spiro atoms. The van der Waals surface area contributed by atoms with Crippen LogP contribution in [0.15, 0.2) is 17.6 Å². The van der Waals surface area contributed by atoms with E-state index in [2.05, 4.69) is 4.98 Å². The molecule has 1 aliphatic rings. The van der Waals surface area contributed by atoms with Crippen molar-refractivity contribution in [3.8, 4) is 0 Å². The summed E-state index contributed by atoms with van der Waals surface area (Å²) >= 11 is 0. The minimum Gasteiger partial charge on any atom is -0.480 e. The summed E-state index contributed by atoms with van der Waals surface area (Å²) < 4.78 is 27.3. The zero-order valence-electron chi connectivity index (χ0n) is 10.2. The summed E-state index contributed by atoms with van der Waals surface area (Å²) in [5, 5.41) is 9.11. The van der Waals surface area contributed by atoms with E-state index in [1.807, 2.05) is 0 Å². The maximum Gasteiger partial charge on any atom is 0.324 e. The fourth-order valence-electron chi connectivity index (χ4n) is 2.17. The number of aryl methyl sites for hydroxylation is 1. The highest BCUT2D eigenvalue weighted by Crippen LogP contribution is 2.34. The maximum atomic E-state index is 12.4. The number of hydrogen-bond acceptors (Lipinski definition) is 4. The van der Waals surface area contributed by atoms with Crippen LogP contribution < -0.4 is 0 Å². The average Bonchev–Trinajstić information content (AvgIpc) is 2.85. The van der Waals surface area contributed by atoms with Crippen LogP contribution in [0.25, 0.3) is 0 Å². The van der Waals surface area contributed by atoms with Crippen LogP contribution in [-0.2, 0) is 21.9 Å². The molecule has 2 heterocycles. The second kappa shape index (κ2) is 4.06. The Kier molecular flexibility index (Phi) is 2.94. The molecule has 1 atom stereocenters. The van der Waals surface area contributed by atoms with Gasteiger partial charge in [-0.15, -0.1) is 0 Å². The number of carboxylic acids is 1. The topological polar surface area (TPSA) is 92.5 Å². The second-order valence-corrected chi connectivity index (χ2v) is 6.45. The summed E-state index contributed by atoms with van der Waals surface area (Å²) in [6.45, 7) is 1.64. The van der Waals surface area contributed by atoms with Crippen molar-refractivity contribution in [2.24, 2.45) is 7.05 Å². The monoisotopic (exact) mass is 273 g/mol. The van der Waals surface area contributed by atoms with E-state index in [4.69, 9.17) is 0 Å². The molecule has 1 saturated heterocycles. The lowest BCUT2D eigenvalue weighted by molar-refractivity contribution is -0.146. The molecule has 1 N–H and O–H groups in total. The van der Waals surface area contributed by atoms with Gasteiger partial charge in [0.1, 0.15) is 5.54 Å². The van der Waals surface area contributed by atoms with Gasteiger partial charge in [0.05, 0.1) is 6.33 Å². The van der Waals surface area contributed by atoms with Crippen molar-refractivity contribution in [2.45, 2.75) is 30.3 Å². The fourth-order valence-corrected chi connectivity index (χ4v) is 3.95. The predicted molar refractivity (Wildman–Crippen MR) is 62.4 cm³/mol. The van der Waals surface area contributed by atoms with Crippen molar-refractivity contribution in [2.75, 3.05) is 6.54 Å². The van der Waals surface area contributed by atoms with Gasteiger partial charge in [0.15, 0.2) is 5.03 Å². The van der Waals surface area contributed by atoms with E-state index < -0.39 is 21.5 Å².